The lowest BCUT2D eigenvalue weighted by molar-refractivity contribution is -0.0605. The van der Waals surface area contributed by atoms with Crippen LogP contribution in [-0.4, -0.2) is 28.5 Å². The Bertz CT molecular complexity index is 1260. The molecule has 0 saturated carbocycles. The van der Waals surface area contributed by atoms with Crippen LogP contribution in [-0.2, 0) is 0 Å². The van der Waals surface area contributed by atoms with Crippen molar-refractivity contribution in [3.63, 3.8) is 0 Å². The Morgan fingerprint density at radius 3 is 2.39 bits per heavy atom. The van der Waals surface area contributed by atoms with Crippen LogP contribution >= 0.6 is 11.6 Å². The van der Waals surface area contributed by atoms with Crippen LogP contribution in [0.4, 0.5) is 24.7 Å². The van der Waals surface area contributed by atoms with Crippen molar-refractivity contribution in [2.75, 3.05) is 5.32 Å². The standard InChI is InChI=1S/C23H15ClF3N5O/c24-17-5-1-2-6-18(17)31-19(12-20(29)23(25,26)27)14-7-9-15(10-8-14)22(33)32-21-16(13-28)4-3-11-30-21/h1-11,29H,12H2,(H,30,32,33). The van der Waals surface area contributed by atoms with Crippen LogP contribution in [0.5, 0.6) is 0 Å². The fourth-order valence-corrected chi connectivity index (χ4v) is 2.93. The zero-order valence-electron chi connectivity index (χ0n) is 16.8. The predicted molar refractivity (Wildman–Crippen MR) is 119 cm³/mol. The van der Waals surface area contributed by atoms with Gasteiger partial charge in [-0.05, 0) is 42.0 Å². The van der Waals surface area contributed by atoms with Crippen molar-refractivity contribution in [3.8, 4) is 6.07 Å². The molecular formula is C23H15ClF3N5O. The van der Waals surface area contributed by atoms with Gasteiger partial charge < -0.3 is 10.7 Å². The third-order valence-electron chi connectivity index (χ3n) is 4.43. The summed E-state index contributed by atoms with van der Waals surface area (Å²) in [5.74, 6) is -0.460. The van der Waals surface area contributed by atoms with E-state index in [2.05, 4.69) is 15.3 Å². The van der Waals surface area contributed by atoms with E-state index in [1.54, 1.807) is 30.3 Å². The number of nitriles is 1. The number of hydrogen-bond donors (Lipinski definition) is 2. The minimum atomic E-state index is -4.80. The fourth-order valence-electron chi connectivity index (χ4n) is 2.75. The molecule has 0 atom stereocenters. The zero-order chi connectivity index (χ0) is 24.0. The van der Waals surface area contributed by atoms with Crippen LogP contribution < -0.4 is 5.32 Å². The lowest BCUT2D eigenvalue weighted by Gasteiger charge is -2.12. The monoisotopic (exact) mass is 469 g/mol. The number of rotatable bonds is 6. The molecule has 3 rings (SSSR count). The van der Waals surface area contributed by atoms with E-state index in [1.807, 2.05) is 6.07 Å². The van der Waals surface area contributed by atoms with E-state index in [4.69, 9.17) is 22.3 Å². The largest absolute Gasteiger partial charge is 0.429 e. The molecule has 2 N–H and O–H groups in total. The van der Waals surface area contributed by atoms with Crippen molar-refractivity contribution >= 4 is 40.4 Å². The number of benzene rings is 2. The highest BCUT2D eigenvalue weighted by atomic mass is 35.5. The highest BCUT2D eigenvalue weighted by Gasteiger charge is 2.35. The first-order chi connectivity index (χ1) is 15.7. The van der Waals surface area contributed by atoms with Gasteiger partial charge in [0, 0.05) is 18.2 Å². The summed E-state index contributed by atoms with van der Waals surface area (Å²) >= 11 is 6.09. The van der Waals surface area contributed by atoms with Gasteiger partial charge in [0.2, 0.25) is 0 Å². The molecule has 33 heavy (non-hydrogen) atoms. The number of hydrogen-bond acceptors (Lipinski definition) is 5. The number of alkyl halides is 3. The maximum Gasteiger partial charge on any atom is 0.429 e. The number of carbonyl (C=O) groups is 1. The number of halogens is 4. The van der Waals surface area contributed by atoms with E-state index < -0.39 is 24.2 Å². The number of aliphatic imine (C=N–C) groups is 1. The molecule has 10 heteroatoms. The maximum atomic E-state index is 13.0. The van der Waals surface area contributed by atoms with Crippen molar-refractivity contribution < 1.29 is 18.0 Å². The number of para-hydroxylation sites is 1. The van der Waals surface area contributed by atoms with Gasteiger partial charge in [-0.1, -0.05) is 35.9 Å². The summed E-state index contributed by atoms with van der Waals surface area (Å²) in [4.78, 5) is 20.7. The molecule has 1 aromatic heterocycles. The van der Waals surface area contributed by atoms with Gasteiger partial charge in [0.15, 0.2) is 5.82 Å². The summed E-state index contributed by atoms with van der Waals surface area (Å²) in [6.45, 7) is 0. The molecule has 0 aliphatic carbocycles. The third kappa shape index (κ3) is 6.02. The van der Waals surface area contributed by atoms with Crippen molar-refractivity contribution in [1.29, 1.82) is 10.7 Å². The van der Waals surface area contributed by atoms with Crippen molar-refractivity contribution in [2.24, 2.45) is 4.99 Å². The summed E-state index contributed by atoms with van der Waals surface area (Å²) in [6.07, 6.45) is -4.16. The SMILES string of the molecule is N#Cc1cccnc1NC(=O)c1ccc(C(CC(=N)C(F)(F)F)=Nc2ccccc2Cl)cc1. The Morgan fingerprint density at radius 1 is 1.09 bits per heavy atom. The Balaban J connectivity index is 1.90. The number of nitrogens with one attached hydrogen (secondary N) is 2. The van der Waals surface area contributed by atoms with Gasteiger partial charge in [0.1, 0.15) is 11.8 Å². The summed E-state index contributed by atoms with van der Waals surface area (Å²) in [6, 6.07) is 17.0. The summed E-state index contributed by atoms with van der Waals surface area (Å²) in [5.41, 5.74) is -0.581. The van der Waals surface area contributed by atoms with E-state index in [9.17, 15) is 18.0 Å². The van der Waals surface area contributed by atoms with Gasteiger partial charge in [0.05, 0.1) is 22.0 Å². The zero-order valence-corrected chi connectivity index (χ0v) is 17.6. The number of amides is 1. The normalized spacial score (nSPS) is 11.5. The average molecular weight is 470 g/mol. The fraction of sp³-hybridized carbons (Fsp3) is 0.0870. The van der Waals surface area contributed by atoms with Crippen LogP contribution in [0.2, 0.25) is 5.02 Å². The highest BCUT2D eigenvalue weighted by molar-refractivity contribution is 6.33. The van der Waals surface area contributed by atoms with E-state index in [0.29, 0.717) is 0 Å². The molecule has 0 spiro atoms. The van der Waals surface area contributed by atoms with E-state index in [-0.39, 0.29) is 38.9 Å². The van der Waals surface area contributed by atoms with Gasteiger partial charge in [0.25, 0.3) is 5.91 Å². The van der Waals surface area contributed by atoms with E-state index >= 15 is 0 Å². The van der Waals surface area contributed by atoms with Crippen LogP contribution in [0.15, 0.2) is 71.9 Å². The van der Waals surface area contributed by atoms with Crippen LogP contribution in [0.3, 0.4) is 0 Å². The lowest BCUT2D eigenvalue weighted by atomic mass is 10.0. The van der Waals surface area contributed by atoms with Crippen LogP contribution in [0.25, 0.3) is 0 Å². The van der Waals surface area contributed by atoms with Crippen LogP contribution in [0, 0.1) is 16.7 Å². The van der Waals surface area contributed by atoms with E-state index in [1.165, 1.54) is 36.5 Å². The maximum absolute atomic E-state index is 13.0. The van der Waals surface area contributed by atoms with Gasteiger partial charge in [-0.2, -0.15) is 18.4 Å². The van der Waals surface area contributed by atoms with Crippen molar-refractivity contribution in [3.05, 3.63) is 88.6 Å². The molecule has 0 saturated heterocycles. The third-order valence-corrected chi connectivity index (χ3v) is 4.75. The molecular weight excluding hydrogens is 455 g/mol. The van der Waals surface area contributed by atoms with Crippen LogP contribution in [0.1, 0.15) is 27.9 Å². The second-order valence-electron chi connectivity index (χ2n) is 6.71. The number of aromatic nitrogens is 1. The Kier molecular flexibility index (Phi) is 7.20. The molecule has 1 amide bonds. The average Bonchev–Trinajstić information content (AvgIpc) is 2.79. The smallest absolute Gasteiger partial charge is 0.305 e. The Hall–Kier alpha value is -4.03. The second-order valence-corrected chi connectivity index (χ2v) is 7.11. The molecule has 0 aliphatic rings. The number of anilines is 1. The molecule has 0 aliphatic heterocycles. The first-order valence-electron chi connectivity index (χ1n) is 9.42. The summed E-state index contributed by atoms with van der Waals surface area (Å²) in [7, 11) is 0. The molecule has 2 aromatic carbocycles. The first kappa shape index (κ1) is 23.6. The van der Waals surface area contributed by atoms with E-state index in [0.717, 1.165) is 0 Å². The second kappa shape index (κ2) is 10.1. The Labute approximate surface area is 191 Å². The molecule has 0 radical (unpaired) electrons. The molecule has 3 aromatic rings. The lowest BCUT2D eigenvalue weighted by Crippen LogP contribution is -2.25. The van der Waals surface area contributed by atoms with Gasteiger partial charge >= 0.3 is 6.18 Å². The van der Waals surface area contributed by atoms with Crippen molar-refractivity contribution in [2.45, 2.75) is 12.6 Å². The van der Waals surface area contributed by atoms with Gasteiger partial charge in [-0.25, -0.2) is 4.98 Å². The predicted octanol–water partition coefficient (Wildman–Crippen LogP) is 5.95. The molecule has 1 heterocycles. The molecule has 0 unspecified atom stereocenters. The number of carbonyl (C=O) groups excluding carboxylic acids is 1. The minimum Gasteiger partial charge on any atom is -0.305 e. The first-order valence-corrected chi connectivity index (χ1v) is 9.80. The van der Waals surface area contributed by atoms with Gasteiger partial charge in [-0.15, -0.1) is 0 Å². The summed E-state index contributed by atoms with van der Waals surface area (Å²) in [5, 5.41) is 19.3. The highest BCUT2D eigenvalue weighted by Crippen LogP contribution is 2.27. The molecule has 6 nitrogen and oxygen atoms in total. The minimum absolute atomic E-state index is 0.0334. The van der Waals surface area contributed by atoms with Crippen molar-refractivity contribution in [1.82, 2.24) is 4.98 Å². The number of nitrogens with zero attached hydrogens (tertiary/aromatic N) is 3. The topological polar surface area (TPSA) is 102 Å². The Morgan fingerprint density at radius 2 is 1.76 bits per heavy atom. The number of pyridine rings is 1. The summed E-state index contributed by atoms with van der Waals surface area (Å²) < 4.78 is 39.0. The molecule has 0 bridgehead atoms. The quantitative estimate of drug-likeness (QED) is 0.436. The van der Waals surface area contributed by atoms with Gasteiger partial charge in [-0.3, -0.25) is 9.79 Å². The molecule has 166 valence electrons. The molecule has 0 fully saturated rings.